The van der Waals surface area contributed by atoms with Crippen molar-refractivity contribution in [3.8, 4) is 11.4 Å². The Labute approximate surface area is 115 Å². The zero-order valence-corrected chi connectivity index (χ0v) is 11.3. The van der Waals surface area contributed by atoms with Gasteiger partial charge in [-0.1, -0.05) is 18.5 Å². The van der Waals surface area contributed by atoms with Crippen molar-refractivity contribution in [2.45, 2.75) is 20.3 Å². The molecule has 0 amide bonds. The van der Waals surface area contributed by atoms with Crippen LogP contribution in [0.25, 0.3) is 5.69 Å². The van der Waals surface area contributed by atoms with Crippen LogP contribution in [0.1, 0.15) is 28.5 Å². The molecule has 0 atom stereocenters. The van der Waals surface area contributed by atoms with Gasteiger partial charge in [-0.3, -0.25) is 0 Å². The molecule has 100 valence electrons. The Morgan fingerprint density at radius 3 is 2.63 bits per heavy atom. The maximum atomic E-state index is 11.2. The third-order valence-corrected chi connectivity index (χ3v) is 3.21. The predicted molar refractivity (Wildman–Crippen MR) is 71.3 cm³/mol. The molecule has 1 aromatic heterocycles. The van der Waals surface area contributed by atoms with E-state index in [9.17, 15) is 15.0 Å². The lowest BCUT2D eigenvalue weighted by Crippen LogP contribution is -2.01. The standard InChI is InChI=1S/C13H13ClN2O3/c1-3-9-11(13(18)19)12(14)16(15-9)10-5-4-8(17)6-7(10)2/h4-6,17H,3H2,1-2H3,(H,18,19). The fourth-order valence-electron chi connectivity index (χ4n) is 1.94. The number of phenolic OH excluding ortho intramolecular Hbond substituents is 1. The normalized spacial score (nSPS) is 10.7. The van der Waals surface area contributed by atoms with Crippen LogP contribution in [0.5, 0.6) is 5.75 Å². The molecule has 0 aliphatic carbocycles. The number of benzene rings is 1. The zero-order chi connectivity index (χ0) is 14.2. The SMILES string of the molecule is CCc1nn(-c2ccc(O)cc2C)c(Cl)c1C(=O)O. The first kappa shape index (κ1) is 13.4. The highest BCUT2D eigenvalue weighted by Crippen LogP contribution is 2.27. The second kappa shape index (κ2) is 4.93. The summed E-state index contributed by atoms with van der Waals surface area (Å²) in [5, 5.41) is 22.9. The van der Waals surface area contributed by atoms with Gasteiger partial charge in [0, 0.05) is 0 Å². The van der Waals surface area contributed by atoms with Crippen LogP contribution in [0.15, 0.2) is 18.2 Å². The quantitative estimate of drug-likeness (QED) is 0.906. The molecule has 0 bridgehead atoms. The summed E-state index contributed by atoms with van der Waals surface area (Å²) in [6, 6.07) is 4.72. The van der Waals surface area contributed by atoms with Crippen molar-refractivity contribution >= 4 is 17.6 Å². The van der Waals surface area contributed by atoms with Crippen molar-refractivity contribution in [2.24, 2.45) is 0 Å². The van der Waals surface area contributed by atoms with Crippen LogP contribution in [0.3, 0.4) is 0 Å². The number of nitrogens with zero attached hydrogens (tertiary/aromatic N) is 2. The molecule has 0 saturated heterocycles. The maximum absolute atomic E-state index is 11.2. The summed E-state index contributed by atoms with van der Waals surface area (Å²) in [7, 11) is 0. The molecule has 0 spiro atoms. The number of rotatable bonds is 3. The number of phenols is 1. The first-order chi connectivity index (χ1) is 8.95. The molecule has 1 heterocycles. The van der Waals surface area contributed by atoms with Crippen molar-refractivity contribution in [3.63, 3.8) is 0 Å². The number of halogens is 1. The minimum absolute atomic E-state index is 0.0247. The number of carbonyl (C=O) groups is 1. The lowest BCUT2D eigenvalue weighted by atomic mass is 10.2. The summed E-state index contributed by atoms with van der Waals surface area (Å²) in [6.07, 6.45) is 0.478. The molecule has 5 nitrogen and oxygen atoms in total. The maximum Gasteiger partial charge on any atom is 0.340 e. The topological polar surface area (TPSA) is 75.3 Å². The van der Waals surface area contributed by atoms with Crippen molar-refractivity contribution < 1.29 is 15.0 Å². The molecule has 0 saturated carbocycles. The minimum Gasteiger partial charge on any atom is -0.508 e. The molecule has 0 radical (unpaired) electrons. The molecule has 0 aliphatic heterocycles. The summed E-state index contributed by atoms with van der Waals surface area (Å²) < 4.78 is 1.39. The molecular weight excluding hydrogens is 268 g/mol. The van der Waals surface area contributed by atoms with E-state index in [2.05, 4.69) is 5.10 Å². The number of aromatic hydroxyl groups is 1. The second-order valence-electron chi connectivity index (χ2n) is 4.15. The average molecular weight is 281 g/mol. The first-order valence-corrected chi connectivity index (χ1v) is 6.14. The molecule has 19 heavy (non-hydrogen) atoms. The molecule has 6 heteroatoms. The van der Waals surface area contributed by atoms with Crippen LogP contribution < -0.4 is 0 Å². The van der Waals surface area contributed by atoms with Gasteiger partial charge in [-0.25, -0.2) is 9.48 Å². The van der Waals surface area contributed by atoms with E-state index in [1.807, 2.05) is 6.92 Å². The van der Waals surface area contributed by atoms with Crippen molar-refractivity contribution in [2.75, 3.05) is 0 Å². The van der Waals surface area contributed by atoms with Crippen LogP contribution in [0.4, 0.5) is 0 Å². The molecule has 0 fully saturated rings. The van der Waals surface area contributed by atoms with Gasteiger partial charge in [0.1, 0.15) is 16.5 Å². The van der Waals surface area contributed by atoms with E-state index in [1.54, 1.807) is 19.1 Å². The van der Waals surface area contributed by atoms with Gasteiger partial charge in [0.2, 0.25) is 0 Å². The number of hydrogen-bond donors (Lipinski definition) is 2. The number of aromatic nitrogens is 2. The summed E-state index contributed by atoms with van der Waals surface area (Å²) in [5.41, 5.74) is 1.86. The second-order valence-corrected chi connectivity index (χ2v) is 4.51. The van der Waals surface area contributed by atoms with Gasteiger partial charge < -0.3 is 10.2 Å². The van der Waals surface area contributed by atoms with E-state index in [0.29, 0.717) is 17.8 Å². The van der Waals surface area contributed by atoms with Gasteiger partial charge in [-0.05, 0) is 37.1 Å². The third kappa shape index (κ3) is 2.29. The average Bonchev–Trinajstić information content (AvgIpc) is 2.66. The Hall–Kier alpha value is -2.01. The van der Waals surface area contributed by atoms with E-state index in [0.717, 1.165) is 5.56 Å². The van der Waals surface area contributed by atoms with E-state index in [1.165, 1.54) is 10.7 Å². The Morgan fingerprint density at radius 1 is 1.47 bits per heavy atom. The minimum atomic E-state index is -1.09. The van der Waals surface area contributed by atoms with Crippen LogP contribution >= 0.6 is 11.6 Å². The summed E-state index contributed by atoms with van der Waals surface area (Å²) in [5.74, 6) is -0.955. The lowest BCUT2D eigenvalue weighted by molar-refractivity contribution is 0.0696. The lowest BCUT2D eigenvalue weighted by Gasteiger charge is -2.07. The van der Waals surface area contributed by atoms with E-state index in [-0.39, 0.29) is 16.5 Å². The first-order valence-electron chi connectivity index (χ1n) is 5.76. The fraction of sp³-hybridized carbons (Fsp3) is 0.231. The highest BCUT2D eigenvalue weighted by atomic mass is 35.5. The number of aryl methyl sites for hydroxylation is 2. The molecule has 1 aromatic carbocycles. The Balaban J connectivity index is 2.66. The highest BCUT2D eigenvalue weighted by molar-refractivity contribution is 6.33. The van der Waals surface area contributed by atoms with Crippen LogP contribution in [0.2, 0.25) is 5.15 Å². The van der Waals surface area contributed by atoms with Gasteiger partial charge in [-0.15, -0.1) is 0 Å². The van der Waals surface area contributed by atoms with Crippen molar-refractivity contribution in [3.05, 3.63) is 40.2 Å². The molecule has 2 rings (SSSR count). The highest BCUT2D eigenvalue weighted by Gasteiger charge is 2.22. The van der Waals surface area contributed by atoms with Crippen molar-refractivity contribution in [1.29, 1.82) is 0 Å². The van der Waals surface area contributed by atoms with Crippen molar-refractivity contribution in [1.82, 2.24) is 9.78 Å². The van der Waals surface area contributed by atoms with Gasteiger partial charge >= 0.3 is 5.97 Å². The third-order valence-electron chi connectivity index (χ3n) is 2.86. The summed E-state index contributed by atoms with van der Waals surface area (Å²) in [6.45, 7) is 3.61. The smallest absolute Gasteiger partial charge is 0.340 e. The monoisotopic (exact) mass is 280 g/mol. The van der Waals surface area contributed by atoms with E-state index in [4.69, 9.17) is 11.6 Å². The van der Waals surface area contributed by atoms with Crippen LogP contribution in [0, 0.1) is 6.92 Å². The largest absolute Gasteiger partial charge is 0.508 e. The summed E-state index contributed by atoms with van der Waals surface area (Å²) >= 11 is 6.11. The van der Waals surface area contributed by atoms with Gasteiger partial charge in [0.05, 0.1) is 11.4 Å². The molecule has 0 aliphatic rings. The van der Waals surface area contributed by atoms with Gasteiger partial charge in [0.25, 0.3) is 0 Å². The number of carboxylic acids is 1. The molecule has 2 N–H and O–H groups in total. The Bertz CT molecular complexity index is 650. The zero-order valence-electron chi connectivity index (χ0n) is 10.5. The number of carboxylic acid groups (broad SMARTS) is 1. The fourth-order valence-corrected chi connectivity index (χ4v) is 2.25. The van der Waals surface area contributed by atoms with Gasteiger partial charge in [0.15, 0.2) is 0 Å². The Morgan fingerprint density at radius 2 is 2.16 bits per heavy atom. The van der Waals surface area contributed by atoms with E-state index < -0.39 is 5.97 Å². The van der Waals surface area contributed by atoms with Gasteiger partial charge in [-0.2, -0.15) is 5.10 Å². The number of hydrogen-bond acceptors (Lipinski definition) is 3. The van der Waals surface area contributed by atoms with E-state index >= 15 is 0 Å². The van der Waals surface area contributed by atoms with Crippen LogP contribution in [-0.2, 0) is 6.42 Å². The Kier molecular flexibility index (Phi) is 3.48. The molecule has 2 aromatic rings. The van der Waals surface area contributed by atoms with Crippen LogP contribution in [-0.4, -0.2) is 26.0 Å². The number of aromatic carboxylic acids is 1. The predicted octanol–water partition coefficient (Wildman–Crippen LogP) is 2.80. The summed E-state index contributed by atoms with van der Waals surface area (Å²) in [4.78, 5) is 11.2. The molecule has 0 unspecified atom stereocenters. The molecular formula is C13H13ClN2O3.